The molecule has 4 amide bonds. The fourth-order valence-electron chi connectivity index (χ4n) is 5.78. The van der Waals surface area contributed by atoms with E-state index in [-0.39, 0.29) is 48.4 Å². The number of rotatable bonds is 7. The minimum absolute atomic E-state index is 0.0842. The van der Waals surface area contributed by atoms with E-state index in [2.05, 4.69) is 30.5 Å². The number of fused-ring (bicyclic) bond motifs is 1. The predicted octanol–water partition coefficient (Wildman–Crippen LogP) is 5.08. The molecule has 5 heterocycles. The number of aliphatic hydroxyl groups is 1. The highest BCUT2D eigenvalue weighted by Crippen LogP contribution is 2.36. The van der Waals surface area contributed by atoms with E-state index in [1.165, 1.54) is 30.9 Å². The third-order valence-corrected chi connectivity index (χ3v) is 8.31. The Hall–Kier alpha value is -4.96. The van der Waals surface area contributed by atoms with Crippen LogP contribution in [-0.4, -0.2) is 62.4 Å². The predicted molar refractivity (Wildman–Crippen MR) is 163 cm³/mol. The average molecular weight is 670 g/mol. The average Bonchev–Trinajstić information content (AvgIpc) is 3.44. The SMILES string of the molecule is CC(C)(O)c1cc2nc(C3CCN(Cc4cc(N5CCC(=O)NC5=O)ncc4F)CC3)oc2cc1NC(=O)c1cccc(C(F)(F)F)n1. The fourth-order valence-corrected chi connectivity index (χ4v) is 5.78. The Morgan fingerprint density at radius 3 is 2.54 bits per heavy atom. The molecule has 2 aliphatic rings. The minimum Gasteiger partial charge on any atom is -0.440 e. The van der Waals surface area contributed by atoms with Crippen LogP contribution in [0, 0.1) is 5.82 Å². The molecule has 252 valence electrons. The number of halogens is 4. The van der Waals surface area contributed by atoms with Crippen molar-refractivity contribution < 1.29 is 41.5 Å². The summed E-state index contributed by atoms with van der Waals surface area (Å²) in [6, 6.07) is 6.95. The highest BCUT2D eigenvalue weighted by molar-refractivity contribution is 6.05. The first-order chi connectivity index (χ1) is 22.7. The lowest BCUT2D eigenvalue weighted by molar-refractivity contribution is -0.141. The maximum absolute atomic E-state index is 14.7. The number of nitrogens with one attached hydrogen (secondary N) is 2. The summed E-state index contributed by atoms with van der Waals surface area (Å²) >= 11 is 0. The molecule has 16 heteroatoms. The van der Waals surface area contributed by atoms with Crippen molar-refractivity contribution >= 4 is 40.5 Å². The number of urea groups is 1. The second kappa shape index (κ2) is 12.6. The van der Waals surface area contributed by atoms with Gasteiger partial charge in [-0.3, -0.25) is 24.7 Å². The number of aromatic nitrogens is 3. The number of amides is 4. The lowest BCUT2D eigenvalue weighted by Crippen LogP contribution is -2.50. The molecule has 3 N–H and O–H groups in total. The van der Waals surface area contributed by atoms with E-state index >= 15 is 0 Å². The van der Waals surface area contributed by atoms with Crippen LogP contribution >= 0.6 is 0 Å². The Morgan fingerprint density at radius 1 is 1.10 bits per heavy atom. The molecule has 0 unspecified atom stereocenters. The normalized spacial score (nSPS) is 16.8. The van der Waals surface area contributed by atoms with E-state index in [1.807, 2.05) is 0 Å². The number of anilines is 2. The molecule has 6 rings (SSSR count). The molecule has 12 nitrogen and oxygen atoms in total. The van der Waals surface area contributed by atoms with E-state index < -0.39 is 40.9 Å². The van der Waals surface area contributed by atoms with Crippen molar-refractivity contribution in [1.29, 1.82) is 0 Å². The largest absolute Gasteiger partial charge is 0.440 e. The molecule has 0 atom stereocenters. The molecule has 4 aromatic rings. The molecule has 1 aromatic carbocycles. The van der Waals surface area contributed by atoms with Gasteiger partial charge in [-0.2, -0.15) is 13.2 Å². The molecular weight excluding hydrogens is 638 g/mol. The molecule has 48 heavy (non-hydrogen) atoms. The molecule has 2 saturated heterocycles. The zero-order valence-electron chi connectivity index (χ0n) is 25.9. The van der Waals surface area contributed by atoms with Gasteiger partial charge in [-0.25, -0.2) is 24.1 Å². The molecular formula is C32H31F4N7O5. The van der Waals surface area contributed by atoms with Crippen LogP contribution in [0.25, 0.3) is 11.1 Å². The molecule has 0 bridgehead atoms. The van der Waals surface area contributed by atoms with Crippen molar-refractivity contribution in [3.05, 3.63) is 76.8 Å². The molecule has 0 spiro atoms. The summed E-state index contributed by atoms with van der Waals surface area (Å²) in [5.74, 6) is -1.18. The van der Waals surface area contributed by atoms with Gasteiger partial charge < -0.3 is 14.8 Å². The zero-order chi connectivity index (χ0) is 34.4. The van der Waals surface area contributed by atoms with Crippen LogP contribution in [0.2, 0.25) is 0 Å². The van der Waals surface area contributed by atoms with Gasteiger partial charge in [0.2, 0.25) is 5.91 Å². The number of imide groups is 1. The standard InChI is InChI=1S/C32H31F4N7O5/c1-31(2,47)19-13-23-24(14-22(19)39-28(45)21-4-3-5-25(38-21)32(34,35)36)48-29(40-23)17-6-9-42(10-7-17)16-18-12-26(37-15-20(18)33)43-11-8-27(44)41-30(43)46/h3-5,12-15,17,47H,6-11,16H2,1-2H3,(H,39,45)(H,41,44,46). The number of carbonyl (C=O) groups excluding carboxylic acids is 3. The van der Waals surface area contributed by atoms with Crippen molar-refractivity contribution in [1.82, 2.24) is 25.2 Å². The summed E-state index contributed by atoms with van der Waals surface area (Å²) in [5.41, 5.74) is -1.62. The van der Waals surface area contributed by atoms with Crippen LogP contribution in [0.15, 0.2) is 47.0 Å². The lowest BCUT2D eigenvalue weighted by atomic mass is 9.95. The first-order valence-electron chi connectivity index (χ1n) is 15.2. The maximum atomic E-state index is 14.7. The van der Waals surface area contributed by atoms with Crippen molar-refractivity contribution in [2.75, 3.05) is 29.9 Å². The Kier molecular flexibility index (Phi) is 8.63. The summed E-state index contributed by atoms with van der Waals surface area (Å²) in [4.78, 5) is 52.1. The van der Waals surface area contributed by atoms with Gasteiger partial charge in [0.25, 0.3) is 5.91 Å². The lowest BCUT2D eigenvalue weighted by Gasteiger charge is -2.31. The molecule has 0 radical (unpaired) electrons. The van der Waals surface area contributed by atoms with Gasteiger partial charge in [0.1, 0.15) is 28.5 Å². The summed E-state index contributed by atoms with van der Waals surface area (Å²) in [6.45, 7) is 4.59. The van der Waals surface area contributed by atoms with E-state index in [9.17, 15) is 37.1 Å². The van der Waals surface area contributed by atoms with Crippen LogP contribution in [0.4, 0.5) is 33.9 Å². The van der Waals surface area contributed by atoms with Gasteiger partial charge in [0.05, 0.1) is 17.5 Å². The second-order valence-electron chi connectivity index (χ2n) is 12.3. The second-order valence-corrected chi connectivity index (χ2v) is 12.3. The number of likely N-dealkylation sites (tertiary alicyclic amines) is 1. The van der Waals surface area contributed by atoms with E-state index in [4.69, 9.17) is 4.42 Å². The quantitative estimate of drug-likeness (QED) is 0.229. The van der Waals surface area contributed by atoms with Crippen LogP contribution in [0.5, 0.6) is 0 Å². The summed E-state index contributed by atoms with van der Waals surface area (Å²) in [7, 11) is 0. The Morgan fingerprint density at radius 2 is 1.85 bits per heavy atom. The monoisotopic (exact) mass is 669 g/mol. The highest BCUT2D eigenvalue weighted by Gasteiger charge is 2.34. The van der Waals surface area contributed by atoms with Crippen molar-refractivity contribution in [3.8, 4) is 0 Å². The van der Waals surface area contributed by atoms with E-state index in [0.717, 1.165) is 24.4 Å². The Labute approximate surface area is 271 Å². The van der Waals surface area contributed by atoms with Crippen LogP contribution in [0.1, 0.15) is 72.2 Å². The molecule has 3 aromatic heterocycles. The number of carbonyl (C=O) groups is 3. The topological polar surface area (TPSA) is 154 Å². The smallest absolute Gasteiger partial charge is 0.433 e. The van der Waals surface area contributed by atoms with E-state index in [0.29, 0.717) is 48.5 Å². The van der Waals surface area contributed by atoms with Crippen molar-refractivity contribution in [3.63, 3.8) is 0 Å². The third-order valence-electron chi connectivity index (χ3n) is 8.31. The number of hydrogen-bond acceptors (Lipinski definition) is 9. The third kappa shape index (κ3) is 6.99. The number of oxazole rings is 1. The van der Waals surface area contributed by atoms with Crippen LogP contribution < -0.4 is 15.5 Å². The van der Waals surface area contributed by atoms with Gasteiger partial charge in [0.15, 0.2) is 11.5 Å². The first-order valence-corrected chi connectivity index (χ1v) is 15.2. The van der Waals surface area contributed by atoms with Gasteiger partial charge in [-0.1, -0.05) is 6.07 Å². The van der Waals surface area contributed by atoms with E-state index in [1.54, 1.807) is 6.07 Å². The Bertz CT molecular complexity index is 1900. The van der Waals surface area contributed by atoms with Crippen molar-refractivity contribution in [2.24, 2.45) is 0 Å². The maximum Gasteiger partial charge on any atom is 0.433 e. The van der Waals surface area contributed by atoms with Gasteiger partial charge >= 0.3 is 12.2 Å². The molecule has 0 aliphatic carbocycles. The highest BCUT2D eigenvalue weighted by atomic mass is 19.4. The fraction of sp³-hybridized carbons (Fsp3) is 0.375. The number of alkyl halides is 3. The summed E-state index contributed by atoms with van der Waals surface area (Å²) in [6.07, 6.45) is -2.28. The van der Waals surface area contributed by atoms with Crippen LogP contribution in [-0.2, 0) is 23.1 Å². The Balaban J connectivity index is 1.16. The zero-order valence-corrected chi connectivity index (χ0v) is 25.9. The van der Waals surface area contributed by atoms with Crippen LogP contribution in [0.3, 0.4) is 0 Å². The number of benzene rings is 1. The summed E-state index contributed by atoms with van der Waals surface area (Å²) < 4.78 is 60.3. The molecule has 2 aliphatic heterocycles. The minimum atomic E-state index is -4.73. The molecule has 0 saturated carbocycles. The van der Waals surface area contributed by atoms with Gasteiger partial charge in [-0.05, 0) is 64.0 Å². The number of pyridine rings is 2. The summed E-state index contributed by atoms with van der Waals surface area (Å²) in [5, 5.41) is 15.6. The first kappa shape index (κ1) is 33.0. The number of hydrogen-bond donors (Lipinski definition) is 3. The van der Waals surface area contributed by atoms with Crippen molar-refractivity contribution in [2.45, 2.75) is 57.3 Å². The number of nitrogens with zero attached hydrogens (tertiary/aromatic N) is 5. The van der Waals surface area contributed by atoms with Gasteiger partial charge in [-0.15, -0.1) is 0 Å². The van der Waals surface area contributed by atoms with Gasteiger partial charge in [0, 0.05) is 42.6 Å². The number of piperidine rings is 1. The molecule has 2 fully saturated rings.